The van der Waals surface area contributed by atoms with Gasteiger partial charge in [0.05, 0.1) is 12.2 Å². The van der Waals surface area contributed by atoms with Crippen molar-refractivity contribution in [2.75, 3.05) is 4.90 Å². The van der Waals surface area contributed by atoms with Gasteiger partial charge in [-0.1, -0.05) is 65.2 Å². The Morgan fingerprint density at radius 3 is 2.33 bits per heavy atom. The number of hydrogen-bond donors (Lipinski definition) is 1. The summed E-state index contributed by atoms with van der Waals surface area (Å²) in [6.07, 6.45) is 0.914. The number of aliphatic hydroxyl groups is 1. The van der Waals surface area contributed by atoms with Crippen molar-refractivity contribution in [3.8, 4) is 0 Å². The lowest BCUT2D eigenvalue weighted by Gasteiger charge is -2.24. The fourth-order valence-corrected chi connectivity index (χ4v) is 4.37. The van der Waals surface area contributed by atoms with E-state index in [1.165, 1.54) is 11.1 Å². The Hall–Kier alpha value is -2.62. The molecule has 1 atom stereocenters. The average Bonchev–Trinajstić information content (AvgIpc) is 2.91. The lowest BCUT2D eigenvalue weighted by atomic mass is 9.88. The molecule has 4 heteroatoms. The zero-order valence-electron chi connectivity index (χ0n) is 17.6. The Morgan fingerprint density at radius 2 is 1.63 bits per heavy atom. The van der Waals surface area contributed by atoms with Crippen molar-refractivity contribution in [2.45, 2.75) is 45.8 Å². The van der Waals surface area contributed by atoms with Crippen LogP contribution in [0.1, 0.15) is 39.8 Å². The number of fused-ring (bicyclic) bond motifs is 1. The predicted octanol–water partition coefficient (Wildman–Crippen LogP) is 5.63. The van der Waals surface area contributed by atoms with Gasteiger partial charge in [0.25, 0.3) is 5.91 Å². The van der Waals surface area contributed by atoms with Gasteiger partial charge in [0.2, 0.25) is 0 Å². The topological polar surface area (TPSA) is 40.5 Å². The molecule has 4 rings (SSSR count). The summed E-state index contributed by atoms with van der Waals surface area (Å²) in [7, 11) is 0. The van der Waals surface area contributed by atoms with E-state index >= 15 is 0 Å². The van der Waals surface area contributed by atoms with Crippen LogP contribution in [0.25, 0.3) is 0 Å². The monoisotopic (exact) mass is 419 g/mol. The van der Waals surface area contributed by atoms with Crippen molar-refractivity contribution in [3.05, 3.63) is 99.1 Å². The quantitative estimate of drug-likeness (QED) is 0.582. The summed E-state index contributed by atoms with van der Waals surface area (Å²) in [5, 5.41) is 12.1. The lowest BCUT2D eigenvalue weighted by Crippen LogP contribution is -2.40. The average molecular weight is 420 g/mol. The molecule has 0 radical (unpaired) electrons. The summed E-state index contributed by atoms with van der Waals surface area (Å²) in [5.41, 5.74) is 5.41. The van der Waals surface area contributed by atoms with Crippen LogP contribution in [0.2, 0.25) is 5.02 Å². The third kappa shape index (κ3) is 3.76. The highest BCUT2D eigenvalue weighted by molar-refractivity contribution is 6.31. The Labute approximate surface area is 182 Å². The Balaban J connectivity index is 1.67. The molecule has 0 spiro atoms. The number of carbonyl (C=O) groups is 1. The molecule has 1 aliphatic heterocycles. The molecule has 3 aromatic carbocycles. The number of hydrogen-bond acceptors (Lipinski definition) is 2. The number of carbonyl (C=O) groups excluding carboxylic acids is 1. The van der Waals surface area contributed by atoms with Crippen molar-refractivity contribution < 1.29 is 9.90 Å². The maximum absolute atomic E-state index is 13.5. The van der Waals surface area contributed by atoms with Crippen LogP contribution in [-0.2, 0) is 23.4 Å². The number of rotatable bonds is 5. The number of amides is 1. The number of anilines is 1. The molecule has 0 saturated carbocycles. The van der Waals surface area contributed by atoms with Gasteiger partial charge >= 0.3 is 0 Å². The standard InChI is InChI=1S/C26H26ClNO2/c1-17-4-7-20(8-5-17)12-13-26(30)23-15-22(27)10-11-24(23)28(25(26)29)16-21-9-6-18(2)14-19(21)3/h4-11,14-15,30H,12-13,16H2,1-3H3. The van der Waals surface area contributed by atoms with Crippen LogP contribution in [0.3, 0.4) is 0 Å². The molecular formula is C26H26ClNO2. The third-order valence-corrected chi connectivity index (χ3v) is 6.25. The third-order valence-electron chi connectivity index (χ3n) is 6.02. The summed E-state index contributed by atoms with van der Waals surface area (Å²) < 4.78 is 0. The van der Waals surface area contributed by atoms with Crippen LogP contribution in [-0.4, -0.2) is 11.0 Å². The van der Waals surface area contributed by atoms with Crippen LogP contribution in [0.4, 0.5) is 5.69 Å². The molecular weight excluding hydrogens is 394 g/mol. The van der Waals surface area contributed by atoms with E-state index in [1.54, 1.807) is 17.0 Å². The van der Waals surface area contributed by atoms with Gasteiger partial charge in [0, 0.05) is 10.6 Å². The van der Waals surface area contributed by atoms with Gasteiger partial charge in [0.15, 0.2) is 5.60 Å². The minimum Gasteiger partial charge on any atom is -0.375 e. The first-order valence-corrected chi connectivity index (χ1v) is 10.6. The van der Waals surface area contributed by atoms with E-state index in [9.17, 15) is 9.90 Å². The van der Waals surface area contributed by atoms with Crippen molar-refractivity contribution in [1.82, 2.24) is 0 Å². The summed E-state index contributed by atoms with van der Waals surface area (Å²) in [4.78, 5) is 15.2. The van der Waals surface area contributed by atoms with Crippen LogP contribution in [0.5, 0.6) is 0 Å². The highest BCUT2D eigenvalue weighted by Gasteiger charge is 2.49. The smallest absolute Gasteiger partial charge is 0.264 e. The molecule has 30 heavy (non-hydrogen) atoms. The summed E-state index contributed by atoms with van der Waals surface area (Å²) in [6, 6.07) is 19.7. The van der Waals surface area contributed by atoms with E-state index < -0.39 is 5.60 Å². The van der Waals surface area contributed by atoms with Crippen molar-refractivity contribution >= 4 is 23.2 Å². The van der Waals surface area contributed by atoms with E-state index in [1.807, 2.05) is 37.3 Å². The Bertz CT molecular complexity index is 1110. The highest BCUT2D eigenvalue weighted by Crippen LogP contribution is 2.45. The molecule has 0 fully saturated rings. The highest BCUT2D eigenvalue weighted by atomic mass is 35.5. The first kappa shape index (κ1) is 20.6. The molecule has 1 N–H and O–H groups in total. The number of benzene rings is 3. The number of nitrogens with zero attached hydrogens (tertiary/aromatic N) is 1. The molecule has 3 aromatic rings. The second-order valence-electron chi connectivity index (χ2n) is 8.33. The molecule has 0 aliphatic carbocycles. The van der Waals surface area contributed by atoms with Gasteiger partial charge in [-0.2, -0.15) is 0 Å². The van der Waals surface area contributed by atoms with E-state index in [4.69, 9.17) is 11.6 Å². The van der Waals surface area contributed by atoms with Crippen molar-refractivity contribution in [1.29, 1.82) is 0 Å². The molecule has 0 aromatic heterocycles. The maximum atomic E-state index is 13.5. The number of aryl methyl sites for hydroxylation is 4. The van der Waals surface area contributed by atoms with Crippen LogP contribution < -0.4 is 4.90 Å². The van der Waals surface area contributed by atoms with Crippen molar-refractivity contribution in [3.63, 3.8) is 0 Å². The van der Waals surface area contributed by atoms with Crippen LogP contribution in [0.15, 0.2) is 60.7 Å². The van der Waals surface area contributed by atoms with Crippen LogP contribution >= 0.6 is 11.6 Å². The van der Waals surface area contributed by atoms with Gasteiger partial charge in [-0.15, -0.1) is 0 Å². The van der Waals surface area contributed by atoms with Gasteiger partial charge in [0.1, 0.15) is 0 Å². The molecule has 1 heterocycles. The first-order valence-electron chi connectivity index (χ1n) is 10.2. The summed E-state index contributed by atoms with van der Waals surface area (Å²) >= 11 is 6.24. The summed E-state index contributed by atoms with van der Waals surface area (Å²) in [5.74, 6) is -0.285. The van der Waals surface area contributed by atoms with E-state index in [-0.39, 0.29) is 5.91 Å². The van der Waals surface area contributed by atoms with Gasteiger partial charge in [-0.05, 0) is 68.5 Å². The summed E-state index contributed by atoms with van der Waals surface area (Å²) in [6.45, 7) is 6.57. The second kappa shape index (κ2) is 7.90. The Morgan fingerprint density at radius 1 is 0.933 bits per heavy atom. The van der Waals surface area contributed by atoms with E-state index in [0.717, 1.165) is 22.4 Å². The molecule has 1 unspecified atom stereocenters. The number of halogens is 1. The minimum atomic E-state index is -1.58. The predicted molar refractivity (Wildman–Crippen MR) is 122 cm³/mol. The fourth-order valence-electron chi connectivity index (χ4n) is 4.19. The zero-order chi connectivity index (χ0) is 21.5. The normalized spacial score (nSPS) is 18.0. The maximum Gasteiger partial charge on any atom is 0.264 e. The van der Waals surface area contributed by atoms with E-state index in [0.29, 0.717) is 30.0 Å². The molecule has 0 saturated heterocycles. The van der Waals surface area contributed by atoms with Gasteiger partial charge in [-0.25, -0.2) is 0 Å². The fraction of sp³-hybridized carbons (Fsp3) is 0.269. The molecule has 1 amide bonds. The van der Waals surface area contributed by atoms with E-state index in [2.05, 4.69) is 32.0 Å². The van der Waals surface area contributed by atoms with Gasteiger partial charge in [-0.3, -0.25) is 4.79 Å². The SMILES string of the molecule is Cc1ccc(CCC2(O)C(=O)N(Cc3ccc(C)cc3C)c3ccc(Cl)cc32)cc1. The zero-order valence-corrected chi connectivity index (χ0v) is 18.3. The van der Waals surface area contributed by atoms with Gasteiger partial charge < -0.3 is 10.0 Å². The second-order valence-corrected chi connectivity index (χ2v) is 8.77. The Kier molecular flexibility index (Phi) is 5.44. The molecule has 0 bridgehead atoms. The first-order chi connectivity index (χ1) is 14.3. The van der Waals surface area contributed by atoms with Crippen molar-refractivity contribution in [2.24, 2.45) is 0 Å². The largest absolute Gasteiger partial charge is 0.375 e. The molecule has 1 aliphatic rings. The van der Waals surface area contributed by atoms with Crippen LogP contribution in [0, 0.1) is 20.8 Å². The molecule has 154 valence electrons. The lowest BCUT2D eigenvalue weighted by molar-refractivity contribution is -0.136. The minimum absolute atomic E-state index is 0.285. The molecule has 3 nitrogen and oxygen atoms in total.